The van der Waals surface area contributed by atoms with Gasteiger partial charge in [0, 0.05) is 37.8 Å². The molecule has 4 rings (SSSR count). The lowest BCUT2D eigenvalue weighted by Crippen LogP contribution is -2.61. The maximum atomic E-state index is 2.74. The number of nitrogens with zero attached hydrogens (tertiary/aromatic N) is 2. The lowest BCUT2D eigenvalue weighted by atomic mass is 9.88. The Hall–Kier alpha value is -1.38. The largest absolute Gasteiger partial charge is 0.297 e. The van der Waals surface area contributed by atoms with Crippen LogP contribution in [0.3, 0.4) is 0 Å². The van der Waals surface area contributed by atoms with E-state index in [4.69, 9.17) is 0 Å². The van der Waals surface area contributed by atoms with Crippen LogP contribution in [0.25, 0.3) is 10.8 Å². The Morgan fingerprint density at radius 1 is 1.00 bits per heavy atom. The van der Waals surface area contributed by atoms with Crippen LogP contribution >= 0.6 is 0 Å². The molecule has 0 N–H and O–H groups in total. The summed E-state index contributed by atoms with van der Waals surface area (Å²) in [6.07, 6.45) is 4.27. The van der Waals surface area contributed by atoms with E-state index < -0.39 is 0 Å². The van der Waals surface area contributed by atoms with Gasteiger partial charge in [-0.2, -0.15) is 0 Å². The predicted octanol–water partition coefficient (Wildman–Crippen LogP) is 4.29. The maximum absolute atomic E-state index is 2.74. The third-order valence-electron chi connectivity index (χ3n) is 5.88. The molecule has 1 aliphatic heterocycles. The highest BCUT2D eigenvalue weighted by molar-refractivity contribution is 5.82. The van der Waals surface area contributed by atoms with E-state index in [0.717, 1.165) is 12.6 Å². The lowest BCUT2D eigenvalue weighted by molar-refractivity contribution is -0.0214. The van der Waals surface area contributed by atoms with Gasteiger partial charge < -0.3 is 0 Å². The van der Waals surface area contributed by atoms with Gasteiger partial charge in [0.15, 0.2) is 0 Å². The average molecular weight is 308 g/mol. The van der Waals surface area contributed by atoms with Crippen LogP contribution in [0.4, 0.5) is 0 Å². The van der Waals surface area contributed by atoms with Crippen molar-refractivity contribution in [1.82, 2.24) is 9.80 Å². The fourth-order valence-electron chi connectivity index (χ4n) is 4.14. The molecule has 0 unspecified atom stereocenters. The highest BCUT2D eigenvalue weighted by atomic mass is 15.3. The Morgan fingerprint density at radius 2 is 1.78 bits per heavy atom. The zero-order valence-electron chi connectivity index (χ0n) is 14.5. The van der Waals surface area contributed by atoms with Gasteiger partial charge in [0.05, 0.1) is 0 Å². The van der Waals surface area contributed by atoms with Crippen molar-refractivity contribution in [2.24, 2.45) is 0 Å². The second-order valence-corrected chi connectivity index (χ2v) is 7.97. The van der Waals surface area contributed by atoms with Crippen LogP contribution in [0.1, 0.15) is 38.7 Å². The molecule has 1 heterocycles. The molecule has 0 amide bonds. The molecule has 2 nitrogen and oxygen atoms in total. The fourth-order valence-corrected chi connectivity index (χ4v) is 4.14. The minimum Gasteiger partial charge on any atom is -0.297 e. The molecule has 0 spiro atoms. The monoisotopic (exact) mass is 308 g/mol. The van der Waals surface area contributed by atoms with Gasteiger partial charge in [0.1, 0.15) is 0 Å². The van der Waals surface area contributed by atoms with Crippen molar-refractivity contribution < 1.29 is 0 Å². The summed E-state index contributed by atoms with van der Waals surface area (Å²) in [5, 5.41) is 2.70. The topological polar surface area (TPSA) is 6.48 Å². The van der Waals surface area contributed by atoms with Gasteiger partial charge in [-0.1, -0.05) is 42.8 Å². The van der Waals surface area contributed by atoms with Crippen molar-refractivity contribution in [2.75, 3.05) is 19.6 Å². The van der Waals surface area contributed by atoms with E-state index in [-0.39, 0.29) is 5.54 Å². The number of piperazine rings is 1. The van der Waals surface area contributed by atoms with E-state index in [1.54, 1.807) is 0 Å². The molecular formula is C21H28N2. The molecule has 2 aromatic carbocycles. The normalized spacial score (nSPS) is 23.0. The Balaban J connectivity index is 1.48. The molecule has 0 radical (unpaired) electrons. The summed E-state index contributed by atoms with van der Waals surface area (Å²) in [4.78, 5) is 5.41. The van der Waals surface area contributed by atoms with Crippen molar-refractivity contribution in [1.29, 1.82) is 0 Å². The summed E-state index contributed by atoms with van der Waals surface area (Å²) in [6.45, 7) is 9.54. The predicted molar refractivity (Wildman–Crippen MR) is 97.6 cm³/mol. The van der Waals surface area contributed by atoms with Crippen LogP contribution in [0, 0.1) is 0 Å². The first kappa shape index (κ1) is 15.2. The number of hydrogen-bond donors (Lipinski definition) is 0. The summed E-state index contributed by atoms with van der Waals surface area (Å²) in [5.74, 6) is 0. The molecule has 2 fully saturated rings. The quantitative estimate of drug-likeness (QED) is 0.834. The van der Waals surface area contributed by atoms with Crippen LogP contribution in [0.2, 0.25) is 0 Å². The van der Waals surface area contributed by atoms with Gasteiger partial charge in [-0.3, -0.25) is 9.80 Å². The highest BCUT2D eigenvalue weighted by Crippen LogP contribution is 2.31. The number of hydrogen-bond acceptors (Lipinski definition) is 2. The Bertz CT molecular complexity index is 687. The van der Waals surface area contributed by atoms with Gasteiger partial charge in [-0.05, 0) is 49.1 Å². The van der Waals surface area contributed by atoms with Crippen LogP contribution in [0.5, 0.6) is 0 Å². The first-order chi connectivity index (χ1) is 11.1. The molecule has 1 saturated heterocycles. The molecule has 0 atom stereocenters. The van der Waals surface area contributed by atoms with Gasteiger partial charge in [0.25, 0.3) is 0 Å². The number of fused-ring (bicyclic) bond motifs is 1. The highest BCUT2D eigenvalue weighted by Gasteiger charge is 2.37. The minimum atomic E-state index is 0.263. The first-order valence-electron chi connectivity index (χ1n) is 9.09. The lowest BCUT2D eigenvalue weighted by Gasteiger charge is -2.51. The van der Waals surface area contributed by atoms with Crippen molar-refractivity contribution in [3.8, 4) is 0 Å². The third-order valence-corrected chi connectivity index (χ3v) is 5.88. The van der Waals surface area contributed by atoms with E-state index >= 15 is 0 Å². The standard InChI is InChI=1S/C21H28N2/c1-21(2)16-22(20-8-5-9-20)12-13-23(21)15-17-10-11-18-6-3-4-7-19(18)14-17/h3-4,6-7,10-11,14,20H,5,8-9,12-13,15-16H2,1-2H3. The van der Waals surface area contributed by atoms with Gasteiger partial charge in [-0.25, -0.2) is 0 Å². The second kappa shape index (κ2) is 5.92. The van der Waals surface area contributed by atoms with Crippen LogP contribution in [-0.2, 0) is 6.54 Å². The minimum absolute atomic E-state index is 0.263. The summed E-state index contributed by atoms with van der Waals surface area (Å²) in [5.41, 5.74) is 1.70. The Morgan fingerprint density at radius 3 is 2.48 bits per heavy atom. The average Bonchev–Trinajstić information content (AvgIpc) is 2.48. The van der Waals surface area contributed by atoms with E-state index in [9.17, 15) is 0 Å². The number of rotatable bonds is 3. The van der Waals surface area contributed by atoms with Crippen LogP contribution < -0.4 is 0 Å². The summed E-state index contributed by atoms with van der Waals surface area (Å²) >= 11 is 0. The SMILES string of the molecule is CC1(C)CN(C2CCC2)CCN1Cc1ccc2ccccc2c1. The summed E-state index contributed by atoms with van der Waals surface area (Å²) in [6, 6.07) is 16.5. The smallest absolute Gasteiger partial charge is 0.0284 e. The molecule has 2 aromatic rings. The van der Waals surface area contributed by atoms with Gasteiger partial charge >= 0.3 is 0 Å². The van der Waals surface area contributed by atoms with Crippen LogP contribution in [-0.4, -0.2) is 41.0 Å². The summed E-state index contributed by atoms with van der Waals surface area (Å²) in [7, 11) is 0. The van der Waals surface area contributed by atoms with E-state index in [1.807, 2.05) is 0 Å². The fraction of sp³-hybridized carbons (Fsp3) is 0.524. The third kappa shape index (κ3) is 3.02. The molecular weight excluding hydrogens is 280 g/mol. The van der Waals surface area contributed by atoms with Crippen molar-refractivity contribution >= 4 is 10.8 Å². The molecule has 0 bridgehead atoms. The maximum Gasteiger partial charge on any atom is 0.0284 e. The van der Waals surface area contributed by atoms with Crippen molar-refractivity contribution in [2.45, 2.75) is 51.2 Å². The van der Waals surface area contributed by atoms with E-state index in [0.29, 0.717) is 0 Å². The van der Waals surface area contributed by atoms with Crippen LogP contribution in [0.15, 0.2) is 42.5 Å². The summed E-state index contributed by atoms with van der Waals surface area (Å²) < 4.78 is 0. The van der Waals surface area contributed by atoms with E-state index in [1.165, 1.54) is 55.2 Å². The molecule has 122 valence electrons. The Labute approximate surface area is 140 Å². The zero-order chi connectivity index (χ0) is 15.9. The van der Waals surface area contributed by atoms with Gasteiger partial charge in [-0.15, -0.1) is 0 Å². The molecule has 2 aliphatic rings. The molecule has 1 saturated carbocycles. The van der Waals surface area contributed by atoms with Gasteiger partial charge in [0.2, 0.25) is 0 Å². The zero-order valence-corrected chi connectivity index (χ0v) is 14.5. The van der Waals surface area contributed by atoms with Crippen molar-refractivity contribution in [3.63, 3.8) is 0 Å². The first-order valence-corrected chi connectivity index (χ1v) is 9.09. The molecule has 23 heavy (non-hydrogen) atoms. The Kier molecular flexibility index (Phi) is 3.90. The number of benzene rings is 2. The van der Waals surface area contributed by atoms with Crippen molar-refractivity contribution in [3.05, 3.63) is 48.0 Å². The molecule has 2 heteroatoms. The molecule has 0 aromatic heterocycles. The second-order valence-electron chi connectivity index (χ2n) is 7.97. The van der Waals surface area contributed by atoms with E-state index in [2.05, 4.69) is 66.1 Å². The molecule has 1 aliphatic carbocycles.